The first kappa shape index (κ1) is 34.9. The molecule has 0 spiro atoms. The minimum absolute atomic E-state index is 0.0696. The minimum atomic E-state index is -3.93. The third-order valence-electron chi connectivity index (χ3n) is 5.21. The van der Waals surface area contributed by atoms with Crippen LogP contribution in [0, 0.1) is 10.1 Å². The van der Waals surface area contributed by atoms with E-state index >= 15 is 0 Å². The predicted molar refractivity (Wildman–Crippen MR) is 148 cm³/mol. The molecule has 0 aromatic heterocycles. The van der Waals surface area contributed by atoms with Gasteiger partial charge in [-0.1, -0.05) is 19.3 Å². The number of hydrogen-bond acceptors (Lipinski definition) is 9. The normalized spacial score (nSPS) is 12.5. The molecule has 1 amide bonds. The Morgan fingerprint density at radius 1 is 0.974 bits per heavy atom. The van der Waals surface area contributed by atoms with Crippen LogP contribution >= 0.6 is 7.75 Å². The maximum atomic E-state index is 13.4. The number of non-ortho nitro benzene ring substituents is 1. The molecule has 0 atom stereocenters. The van der Waals surface area contributed by atoms with E-state index in [-0.39, 0.29) is 36.9 Å². The van der Waals surface area contributed by atoms with Gasteiger partial charge in [-0.15, -0.1) is 0 Å². The number of carbonyl (C=O) groups excluding carboxylic acids is 1. The summed E-state index contributed by atoms with van der Waals surface area (Å²) in [5.41, 5.74) is -0.753. The van der Waals surface area contributed by atoms with Crippen molar-refractivity contribution >= 4 is 29.6 Å². The highest BCUT2D eigenvalue weighted by molar-refractivity contribution is 7.89. The minimum Gasteiger partial charge on any atom is -0.444 e. The van der Waals surface area contributed by atoms with Crippen LogP contribution in [0.15, 0.2) is 29.2 Å². The van der Waals surface area contributed by atoms with Crippen molar-refractivity contribution in [2.45, 2.75) is 77.2 Å². The first-order valence-electron chi connectivity index (χ1n) is 13.1. The van der Waals surface area contributed by atoms with Crippen molar-refractivity contribution in [1.29, 1.82) is 0 Å². The lowest BCUT2D eigenvalue weighted by molar-refractivity contribution is -0.384. The SMILES string of the molecule is CCOP(=O)(OCC)N(CCCCCCCNC(=O)OC(C)(C)C)CCNS(=O)(=O)c1ccc([N+](=O)[O-])cc1. The molecule has 1 aromatic carbocycles. The number of nitro groups is 1. The Hall–Kier alpha value is -2.09. The van der Waals surface area contributed by atoms with Crippen molar-refractivity contribution in [1.82, 2.24) is 14.7 Å². The van der Waals surface area contributed by atoms with Gasteiger partial charge in [0.25, 0.3) is 5.69 Å². The molecular weight excluding hydrogens is 551 g/mol. The van der Waals surface area contributed by atoms with Gasteiger partial charge >= 0.3 is 13.8 Å². The molecule has 0 aliphatic rings. The summed E-state index contributed by atoms with van der Waals surface area (Å²) < 4.78 is 58.8. The summed E-state index contributed by atoms with van der Waals surface area (Å²) in [6.45, 7) is 10.0. The van der Waals surface area contributed by atoms with Crippen molar-refractivity contribution in [3.63, 3.8) is 0 Å². The zero-order valence-corrected chi connectivity index (χ0v) is 25.2. The Morgan fingerprint density at radius 2 is 1.54 bits per heavy atom. The van der Waals surface area contributed by atoms with Crippen molar-refractivity contribution < 1.29 is 36.5 Å². The maximum absolute atomic E-state index is 13.4. The van der Waals surface area contributed by atoms with E-state index in [2.05, 4.69) is 10.0 Å². The van der Waals surface area contributed by atoms with E-state index in [0.717, 1.165) is 49.9 Å². The van der Waals surface area contributed by atoms with E-state index in [0.29, 0.717) is 19.5 Å². The van der Waals surface area contributed by atoms with Gasteiger partial charge in [0.15, 0.2) is 0 Å². The fourth-order valence-electron chi connectivity index (χ4n) is 3.48. The largest absolute Gasteiger partial charge is 0.444 e. The van der Waals surface area contributed by atoms with E-state index in [4.69, 9.17) is 13.8 Å². The first-order valence-corrected chi connectivity index (χ1v) is 16.1. The Kier molecular flexibility index (Phi) is 15.1. The van der Waals surface area contributed by atoms with E-state index in [9.17, 15) is 27.9 Å². The third kappa shape index (κ3) is 13.7. The third-order valence-corrected chi connectivity index (χ3v) is 8.95. The number of hydrogen-bond donors (Lipinski definition) is 2. The number of carbonyl (C=O) groups is 1. The molecule has 0 unspecified atom stereocenters. The second-order valence-electron chi connectivity index (χ2n) is 9.60. The molecule has 224 valence electrons. The van der Waals surface area contributed by atoms with Gasteiger partial charge in [-0.2, -0.15) is 0 Å². The molecule has 1 rings (SSSR count). The fraction of sp³-hybridized carbons (Fsp3) is 0.708. The van der Waals surface area contributed by atoms with Crippen LogP contribution in [0.1, 0.15) is 66.7 Å². The molecular formula is C24H43N4O9PS. The molecule has 0 saturated carbocycles. The number of nitro benzene ring substituents is 1. The molecule has 0 radical (unpaired) electrons. The van der Waals surface area contributed by atoms with Gasteiger partial charge < -0.3 is 10.1 Å². The summed E-state index contributed by atoms with van der Waals surface area (Å²) in [6.07, 6.45) is 3.65. The van der Waals surface area contributed by atoms with E-state index in [1.165, 1.54) is 4.67 Å². The van der Waals surface area contributed by atoms with Crippen LogP contribution in [0.25, 0.3) is 0 Å². The van der Waals surface area contributed by atoms with Crippen LogP contribution in [-0.2, 0) is 28.4 Å². The molecule has 1 aromatic rings. The Morgan fingerprint density at radius 3 is 2.08 bits per heavy atom. The summed E-state index contributed by atoms with van der Waals surface area (Å²) in [5, 5.41) is 13.5. The summed E-state index contributed by atoms with van der Waals surface area (Å²) in [5.74, 6) is 0. The van der Waals surface area contributed by atoms with Crippen LogP contribution in [-0.4, -0.2) is 69.1 Å². The summed E-state index contributed by atoms with van der Waals surface area (Å²) in [6, 6.07) is 4.55. The number of nitrogens with zero attached hydrogens (tertiary/aromatic N) is 2. The van der Waals surface area contributed by atoms with Crippen molar-refractivity contribution in [2.75, 3.05) is 39.4 Å². The van der Waals surface area contributed by atoms with Gasteiger partial charge in [-0.3, -0.25) is 19.2 Å². The van der Waals surface area contributed by atoms with Crippen LogP contribution in [0.4, 0.5) is 10.5 Å². The van der Waals surface area contributed by atoms with Crippen LogP contribution < -0.4 is 10.0 Å². The van der Waals surface area contributed by atoms with Gasteiger partial charge in [-0.25, -0.2) is 27.2 Å². The lowest BCUT2D eigenvalue weighted by Crippen LogP contribution is -2.35. The Balaban J connectivity index is 2.61. The van der Waals surface area contributed by atoms with Gasteiger partial charge in [0.1, 0.15) is 5.60 Å². The van der Waals surface area contributed by atoms with E-state index < -0.39 is 34.4 Å². The molecule has 0 aliphatic carbocycles. The second-order valence-corrected chi connectivity index (χ2v) is 13.4. The fourth-order valence-corrected chi connectivity index (χ4v) is 6.28. The smallest absolute Gasteiger partial charge is 0.408 e. The number of benzene rings is 1. The molecule has 0 fully saturated rings. The summed E-state index contributed by atoms with van der Waals surface area (Å²) in [4.78, 5) is 21.8. The number of ether oxygens (including phenoxy) is 1. The number of sulfonamides is 1. The summed E-state index contributed by atoms with van der Waals surface area (Å²) in [7, 11) is -7.57. The van der Waals surface area contributed by atoms with Crippen LogP contribution in [0.2, 0.25) is 0 Å². The average Bonchev–Trinajstić information content (AvgIpc) is 2.83. The highest BCUT2D eigenvalue weighted by atomic mass is 32.2. The number of unbranched alkanes of at least 4 members (excludes halogenated alkanes) is 4. The number of amides is 1. The molecule has 0 bridgehead atoms. The molecule has 0 saturated heterocycles. The van der Waals surface area contributed by atoms with Gasteiger partial charge in [-0.05, 0) is 59.6 Å². The first-order chi connectivity index (χ1) is 18.2. The van der Waals surface area contributed by atoms with E-state index in [1.54, 1.807) is 34.6 Å². The second kappa shape index (κ2) is 16.9. The van der Waals surface area contributed by atoms with Crippen molar-refractivity contribution in [2.24, 2.45) is 0 Å². The molecule has 39 heavy (non-hydrogen) atoms. The molecule has 2 N–H and O–H groups in total. The quantitative estimate of drug-likeness (QED) is 0.0980. The summed E-state index contributed by atoms with van der Waals surface area (Å²) >= 11 is 0. The highest BCUT2D eigenvalue weighted by Crippen LogP contribution is 2.51. The van der Waals surface area contributed by atoms with Crippen LogP contribution in [0.5, 0.6) is 0 Å². The molecule has 0 heterocycles. The molecule has 15 heteroatoms. The number of nitrogens with one attached hydrogen (secondary N) is 2. The standard InChI is InChI=1S/C24H43N4O9PS/c1-6-35-38(32,36-7-2)27(19-12-10-8-9-11-17-25-23(29)37-24(3,4)5)20-18-26-39(33,34)22-15-13-21(14-16-22)28(30)31/h13-16,26H,6-12,17-20H2,1-5H3,(H,25,29). The average molecular weight is 595 g/mol. The van der Waals surface area contributed by atoms with Crippen molar-refractivity contribution in [3.05, 3.63) is 34.4 Å². The zero-order chi connectivity index (χ0) is 29.5. The Labute approximate surface area is 231 Å². The monoisotopic (exact) mass is 594 g/mol. The van der Waals surface area contributed by atoms with Gasteiger partial charge in [0.2, 0.25) is 10.0 Å². The van der Waals surface area contributed by atoms with Gasteiger partial charge in [0.05, 0.1) is 23.0 Å². The predicted octanol–water partition coefficient (Wildman–Crippen LogP) is 4.83. The lowest BCUT2D eigenvalue weighted by atomic mass is 10.1. The topological polar surface area (TPSA) is 166 Å². The Bertz CT molecular complexity index is 1040. The molecule has 13 nitrogen and oxygen atoms in total. The van der Waals surface area contributed by atoms with Gasteiger partial charge in [0, 0.05) is 38.3 Å². The van der Waals surface area contributed by atoms with Crippen LogP contribution in [0.3, 0.4) is 0 Å². The highest BCUT2D eigenvalue weighted by Gasteiger charge is 2.32. The lowest BCUT2D eigenvalue weighted by Gasteiger charge is -2.29. The van der Waals surface area contributed by atoms with Crippen molar-refractivity contribution in [3.8, 4) is 0 Å². The number of alkyl carbamates (subject to hydrolysis) is 1. The molecule has 0 aliphatic heterocycles. The number of rotatable bonds is 19. The van der Waals surface area contributed by atoms with E-state index in [1.807, 2.05) is 0 Å². The maximum Gasteiger partial charge on any atom is 0.408 e. The zero-order valence-electron chi connectivity index (χ0n) is 23.5.